The number of sulfonamides is 1. The molecule has 0 aliphatic rings. The third kappa shape index (κ3) is 5.84. The maximum Gasteiger partial charge on any atom is 0.418 e. The molecule has 1 N–H and O–H groups in total. The molecule has 2 aromatic carbocycles. The number of halogens is 4. The molecule has 0 saturated heterocycles. The highest BCUT2D eigenvalue weighted by Gasteiger charge is 2.34. The number of carbonyl (C=O) groups is 1. The number of alkyl halides is 3. The Labute approximate surface area is 171 Å². The molecule has 6 nitrogen and oxygen atoms in total. The third-order valence-electron chi connectivity index (χ3n) is 3.77. The largest absolute Gasteiger partial charge is 0.494 e. The second kappa shape index (κ2) is 9.02. The number of carbonyl (C=O) groups excluding carboxylic acids is 1. The van der Waals surface area contributed by atoms with Gasteiger partial charge in [-0.15, -0.1) is 0 Å². The zero-order valence-electron chi connectivity index (χ0n) is 15.5. The van der Waals surface area contributed by atoms with Crippen molar-refractivity contribution in [1.82, 2.24) is 4.31 Å². The average Bonchev–Trinajstić information content (AvgIpc) is 2.63. The molecule has 0 saturated carbocycles. The third-order valence-corrected chi connectivity index (χ3v) is 5.82. The zero-order valence-corrected chi connectivity index (χ0v) is 17.0. The van der Waals surface area contributed by atoms with Crippen molar-refractivity contribution < 1.29 is 31.1 Å². The van der Waals surface area contributed by atoms with Gasteiger partial charge in [0.25, 0.3) is 0 Å². The standard InChI is InChI=1S/C18H18ClF3N2O4S/c1-3-28-13-5-7-14(8-6-13)29(26,27)24(2)11-17(25)23-16-9-4-12(19)10-15(16)18(20,21)22/h4-10H,3,11H2,1-2H3,(H,23,25). The number of amides is 1. The van der Waals surface area contributed by atoms with Gasteiger partial charge in [-0.2, -0.15) is 17.5 Å². The Morgan fingerprint density at radius 2 is 1.79 bits per heavy atom. The minimum Gasteiger partial charge on any atom is -0.494 e. The molecule has 1 amide bonds. The van der Waals surface area contributed by atoms with Crippen molar-refractivity contribution in [3.63, 3.8) is 0 Å². The summed E-state index contributed by atoms with van der Waals surface area (Å²) in [5.74, 6) is -0.455. The van der Waals surface area contributed by atoms with Crippen LogP contribution in [-0.2, 0) is 21.0 Å². The van der Waals surface area contributed by atoms with E-state index in [1.807, 2.05) is 0 Å². The van der Waals surface area contributed by atoms with Crippen molar-refractivity contribution in [3.8, 4) is 5.75 Å². The van der Waals surface area contributed by atoms with Crippen molar-refractivity contribution in [1.29, 1.82) is 0 Å². The molecule has 0 spiro atoms. The quantitative estimate of drug-likeness (QED) is 0.691. The van der Waals surface area contributed by atoms with Gasteiger partial charge >= 0.3 is 6.18 Å². The molecule has 0 heterocycles. The summed E-state index contributed by atoms with van der Waals surface area (Å²) >= 11 is 5.59. The number of rotatable bonds is 7. The van der Waals surface area contributed by atoms with Gasteiger partial charge < -0.3 is 10.1 Å². The fourth-order valence-electron chi connectivity index (χ4n) is 2.39. The monoisotopic (exact) mass is 450 g/mol. The van der Waals surface area contributed by atoms with Crippen LogP contribution in [-0.4, -0.2) is 38.8 Å². The molecule has 0 aromatic heterocycles. The molecule has 0 radical (unpaired) electrons. The molecule has 0 bridgehead atoms. The van der Waals surface area contributed by atoms with Gasteiger partial charge in [-0.3, -0.25) is 4.79 Å². The second-order valence-corrected chi connectivity index (χ2v) is 8.38. The van der Waals surface area contributed by atoms with Gasteiger partial charge in [0.2, 0.25) is 15.9 Å². The number of nitrogens with one attached hydrogen (secondary N) is 1. The summed E-state index contributed by atoms with van der Waals surface area (Å²) in [6.07, 6.45) is -4.74. The second-order valence-electron chi connectivity index (χ2n) is 5.90. The number of hydrogen-bond acceptors (Lipinski definition) is 4. The fourth-order valence-corrected chi connectivity index (χ4v) is 3.69. The van der Waals surface area contributed by atoms with E-state index in [1.165, 1.54) is 30.3 Å². The van der Waals surface area contributed by atoms with Crippen LogP contribution in [0.3, 0.4) is 0 Å². The molecule has 0 unspecified atom stereocenters. The average molecular weight is 451 g/mol. The van der Waals surface area contributed by atoms with Crippen LogP contribution in [0.4, 0.5) is 18.9 Å². The fraction of sp³-hybridized carbons (Fsp3) is 0.278. The van der Waals surface area contributed by atoms with Crippen molar-refractivity contribution in [2.45, 2.75) is 18.0 Å². The molecular formula is C18H18ClF3N2O4S. The summed E-state index contributed by atoms with van der Waals surface area (Å²) in [5, 5.41) is 1.93. The van der Waals surface area contributed by atoms with E-state index in [0.29, 0.717) is 18.4 Å². The van der Waals surface area contributed by atoms with E-state index in [2.05, 4.69) is 5.32 Å². The summed E-state index contributed by atoms with van der Waals surface area (Å²) in [6, 6.07) is 8.43. The molecule has 0 atom stereocenters. The molecule has 2 aromatic rings. The van der Waals surface area contributed by atoms with E-state index in [-0.39, 0.29) is 9.92 Å². The maximum absolute atomic E-state index is 13.1. The van der Waals surface area contributed by atoms with Crippen molar-refractivity contribution >= 4 is 33.2 Å². The Kier molecular flexibility index (Phi) is 7.15. The molecule has 0 aliphatic carbocycles. The van der Waals surface area contributed by atoms with Gasteiger partial charge in [0.15, 0.2) is 0 Å². The predicted molar refractivity (Wildman–Crippen MR) is 103 cm³/mol. The lowest BCUT2D eigenvalue weighted by Crippen LogP contribution is -2.35. The first-order valence-electron chi connectivity index (χ1n) is 8.31. The molecule has 158 valence electrons. The Morgan fingerprint density at radius 3 is 2.34 bits per heavy atom. The maximum atomic E-state index is 13.1. The minimum atomic E-state index is -4.74. The number of likely N-dealkylation sites (N-methyl/N-ethyl adjacent to an activating group) is 1. The Hall–Kier alpha value is -2.30. The van der Waals surface area contributed by atoms with Crippen molar-refractivity contribution in [2.24, 2.45) is 0 Å². The first-order valence-corrected chi connectivity index (χ1v) is 10.1. The van der Waals surface area contributed by atoms with Crippen LogP contribution in [0.1, 0.15) is 12.5 Å². The molecule has 0 aliphatic heterocycles. The van der Waals surface area contributed by atoms with E-state index in [9.17, 15) is 26.4 Å². The number of hydrogen-bond donors (Lipinski definition) is 1. The number of anilines is 1. The summed E-state index contributed by atoms with van der Waals surface area (Å²) in [4.78, 5) is 12.1. The van der Waals surface area contributed by atoms with Crippen LogP contribution in [0.25, 0.3) is 0 Å². The molecule has 2 rings (SSSR count). The van der Waals surface area contributed by atoms with Gasteiger partial charge in [-0.1, -0.05) is 11.6 Å². The van der Waals surface area contributed by atoms with E-state index in [1.54, 1.807) is 6.92 Å². The van der Waals surface area contributed by atoms with Crippen molar-refractivity contribution in [3.05, 3.63) is 53.1 Å². The van der Waals surface area contributed by atoms with E-state index < -0.39 is 39.9 Å². The van der Waals surface area contributed by atoms with Gasteiger partial charge in [-0.25, -0.2) is 8.42 Å². The van der Waals surface area contributed by atoms with E-state index >= 15 is 0 Å². The lowest BCUT2D eigenvalue weighted by molar-refractivity contribution is -0.137. The first kappa shape index (κ1) is 23.0. The molecule has 11 heteroatoms. The van der Waals surface area contributed by atoms with Gasteiger partial charge in [0.1, 0.15) is 5.75 Å². The topological polar surface area (TPSA) is 75.7 Å². The van der Waals surface area contributed by atoms with Gasteiger partial charge in [0, 0.05) is 12.1 Å². The van der Waals surface area contributed by atoms with Crippen LogP contribution < -0.4 is 10.1 Å². The van der Waals surface area contributed by atoms with Crippen LogP contribution >= 0.6 is 11.6 Å². The minimum absolute atomic E-state index is 0.0845. The Balaban J connectivity index is 2.14. The molecular weight excluding hydrogens is 433 g/mol. The highest BCUT2D eigenvalue weighted by molar-refractivity contribution is 7.89. The SMILES string of the molecule is CCOc1ccc(S(=O)(=O)N(C)CC(=O)Nc2ccc(Cl)cc2C(F)(F)F)cc1. The smallest absolute Gasteiger partial charge is 0.418 e. The van der Waals surface area contributed by atoms with E-state index in [0.717, 1.165) is 17.4 Å². The van der Waals surface area contributed by atoms with Crippen LogP contribution in [0.5, 0.6) is 5.75 Å². The lowest BCUT2D eigenvalue weighted by Gasteiger charge is -2.18. The van der Waals surface area contributed by atoms with Crippen molar-refractivity contribution in [2.75, 3.05) is 25.5 Å². The lowest BCUT2D eigenvalue weighted by atomic mass is 10.1. The summed E-state index contributed by atoms with van der Waals surface area (Å²) < 4.78 is 70.4. The number of ether oxygens (including phenoxy) is 1. The van der Waals surface area contributed by atoms with E-state index in [4.69, 9.17) is 16.3 Å². The predicted octanol–water partition coefficient (Wildman–Crippen LogP) is 4.02. The molecule has 0 fully saturated rings. The summed E-state index contributed by atoms with van der Waals surface area (Å²) in [7, 11) is -2.88. The van der Waals surface area contributed by atoms with Gasteiger partial charge in [-0.05, 0) is 49.4 Å². The van der Waals surface area contributed by atoms with Crippen LogP contribution in [0.2, 0.25) is 5.02 Å². The summed E-state index contributed by atoms with van der Waals surface area (Å²) in [5.41, 5.74) is -1.64. The number of nitrogens with zero attached hydrogens (tertiary/aromatic N) is 1. The first-order chi connectivity index (χ1) is 13.4. The van der Waals surface area contributed by atoms with Gasteiger partial charge in [0.05, 0.1) is 29.3 Å². The molecule has 29 heavy (non-hydrogen) atoms. The highest BCUT2D eigenvalue weighted by atomic mass is 35.5. The van der Waals surface area contributed by atoms with Crippen LogP contribution in [0, 0.1) is 0 Å². The Morgan fingerprint density at radius 1 is 1.17 bits per heavy atom. The highest BCUT2D eigenvalue weighted by Crippen LogP contribution is 2.36. The number of benzene rings is 2. The Bertz CT molecular complexity index is 980. The summed E-state index contributed by atoms with van der Waals surface area (Å²) in [6.45, 7) is 1.51. The van der Waals surface area contributed by atoms with Crippen LogP contribution in [0.15, 0.2) is 47.4 Å². The normalized spacial score (nSPS) is 12.1. The zero-order chi connectivity index (χ0) is 21.8.